The fourth-order valence-corrected chi connectivity index (χ4v) is 3.39. The van der Waals surface area contributed by atoms with Crippen LogP contribution in [0.4, 0.5) is 15.6 Å². The summed E-state index contributed by atoms with van der Waals surface area (Å²) in [6, 6.07) is 4.61. The van der Waals surface area contributed by atoms with Gasteiger partial charge in [-0.2, -0.15) is 0 Å². The smallest absolute Gasteiger partial charge is 0.325 e. The van der Waals surface area contributed by atoms with Crippen LogP contribution in [-0.4, -0.2) is 37.7 Å². The standard InChI is InChI=1S/C16H18N4O4S/c1-23-11-6-5-9(8-12(11)24-2)18-15(22)20-16-19-10-4-3-7-17-14(21)13(10)25-16/h5-6,8H,3-4,7H2,1-2H3,(H,17,21)(H2,18,19,20,22). The van der Waals surface area contributed by atoms with E-state index in [1.165, 1.54) is 18.4 Å². The van der Waals surface area contributed by atoms with Crippen molar-refractivity contribution in [2.75, 3.05) is 31.4 Å². The molecule has 0 fully saturated rings. The number of hydrogen-bond donors (Lipinski definition) is 3. The summed E-state index contributed by atoms with van der Waals surface area (Å²) in [7, 11) is 3.07. The average molecular weight is 362 g/mol. The number of carbonyl (C=O) groups excluding carboxylic acids is 2. The Morgan fingerprint density at radius 1 is 1.24 bits per heavy atom. The van der Waals surface area contributed by atoms with E-state index in [-0.39, 0.29) is 5.91 Å². The summed E-state index contributed by atoms with van der Waals surface area (Å²) in [6.07, 6.45) is 1.54. The van der Waals surface area contributed by atoms with Crippen LogP contribution in [0.3, 0.4) is 0 Å². The van der Waals surface area contributed by atoms with Gasteiger partial charge in [-0.25, -0.2) is 9.78 Å². The molecule has 0 spiro atoms. The molecule has 2 aromatic rings. The summed E-state index contributed by atoms with van der Waals surface area (Å²) in [4.78, 5) is 29.0. The number of hydrogen-bond acceptors (Lipinski definition) is 6. The highest BCUT2D eigenvalue weighted by molar-refractivity contribution is 7.17. The van der Waals surface area contributed by atoms with Gasteiger partial charge in [0.15, 0.2) is 16.6 Å². The van der Waals surface area contributed by atoms with E-state index in [1.54, 1.807) is 25.3 Å². The maximum absolute atomic E-state index is 12.2. The van der Waals surface area contributed by atoms with E-state index in [0.717, 1.165) is 12.1 Å². The van der Waals surface area contributed by atoms with Crippen LogP contribution < -0.4 is 25.4 Å². The van der Waals surface area contributed by atoms with Crippen molar-refractivity contribution < 1.29 is 19.1 Å². The molecule has 0 unspecified atom stereocenters. The zero-order valence-electron chi connectivity index (χ0n) is 13.8. The predicted molar refractivity (Wildman–Crippen MR) is 95.0 cm³/mol. The van der Waals surface area contributed by atoms with Crippen molar-refractivity contribution in [1.29, 1.82) is 0 Å². The average Bonchev–Trinajstić information content (AvgIpc) is 2.92. The summed E-state index contributed by atoms with van der Waals surface area (Å²) >= 11 is 1.17. The number of methoxy groups -OCH3 is 2. The number of carbonyl (C=O) groups is 2. The van der Waals surface area contributed by atoms with Gasteiger partial charge in [0.25, 0.3) is 5.91 Å². The molecule has 0 radical (unpaired) electrons. The van der Waals surface area contributed by atoms with E-state index in [2.05, 4.69) is 20.9 Å². The summed E-state index contributed by atoms with van der Waals surface area (Å²) in [5.74, 6) is 0.944. The minimum absolute atomic E-state index is 0.140. The molecule has 1 aromatic carbocycles. The zero-order chi connectivity index (χ0) is 17.8. The van der Waals surface area contributed by atoms with Gasteiger partial charge in [-0.15, -0.1) is 0 Å². The maximum atomic E-state index is 12.2. The molecule has 1 aliphatic rings. The molecule has 1 aromatic heterocycles. The molecule has 2 heterocycles. The monoisotopic (exact) mass is 362 g/mol. The summed E-state index contributed by atoms with van der Waals surface area (Å²) in [5, 5.41) is 8.56. The van der Waals surface area contributed by atoms with Gasteiger partial charge in [0.1, 0.15) is 4.88 Å². The van der Waals surface area contributed by atoms with Gasteiger partial charge < -0.3 is 20.1 Å². The quantitative estimate of drug-likeness (QED) is 0.776. The molecule has 3 amide bonds. The summed E-state index contributed by atoms with van der Waals surface area (Å²) < 4.78 is 10.4. The van der Waals surface area contributed by atoms with Gasteiger partial charge in [0.2, 0.25) is 0 Å². The van der Waals surface area contributed by atoms with Crippen LogP contribution in [0.15, 0.2) is 18.2 Å². The van der Waals surface area contributed by atoms with Crippen LogP contribution in [0.25, 0.3) is 0 Å². The first-order valence-corrected chi connectivity index (χ1v) is 8.50. The van der Waals surface area contributed by atoms with E-state index < -0.39 is 6.03 Å². The highest BCUT2D eigenvalue weighted by Crippen LogP contribution is 2.30. The molecular weight excluding hydrogens is 344 g/mol. The van der Waals surface area contributed by atoms with Gasteiger partial charge >= 0.3 is 6.03 Å². The molecular formula is C16H18N4O4S. The number of thiazole rings is 1. The molecule has 25 heavy (non-hydrogen) atoms. The molecule has 3 N–H and O–H groups in total. The number of nitrogens with zero attached hydrogens (tertiary/aromatic N) is 1. The number of rotatable bonds is 4. The van der Waals surface area contributed by atoms with Crippen molar-refractivity contribution in [3.8, 4) is 11.5 Å². The lowest BCUT2D eigenvalue weighted by molar-refractivity contribution is 0.0960. The first-order chi connectivity index (χ1) is 12.1. The third kappa shape index (κ3) is 3.82. The molecule has 132 valence electrons. The number of urea groups is 1. The van der Waals surface area contributed by atoms with Gasteiger partial charge in [-0.3, -0.25) is 10.1 Å². The largest absolute Gasteiger partial charge is 0.493 e. The van der Waals surface area contributed by atoms with Crippen molar-refractivity contribution in [2.45, 2.75) is 12.8 Å². The molecule has 0 aliphatic carbocycles. The van der Waals surface area contributed by atoms with Crippen LogP contribution in [-0.2, 0) is 6.42 Å². The Morgan fingerprint density at radius 2 is 2.04 bits per heavy atom. The lowest BCUT2D eigenvalue weighted by Gasteiger charge is -2.10. The van der Waals surface area contributed by atoms with Gasteiger partial charge in [-0.1, -0.05) is 11.3 Å². The van der Waals surface area contributed by atoms with Crippen molar-refractivity contribution in [3.63, 3.8) is 0 Å². The van der Waals surface area contributed by atoms with E-state index in [1.807, 2.05) is 0 Å². The number of fused-ring (bicyclic) bond motifs is 1. The number of aromatic nitrogens is 1. The number of aryl methyl sites for hydroxylation is 1. The highest BCUT2D eigenvalue weighted by Gasteiger charge is 2.21. The molecule has 1 aliphatic heterocycles. The highest BCUT2D eigenvalue weighted by atomic mass is 32.1. The Hall–Kier alpha value is -2.81. The molecule has 0 saturated carbocycles. The second-order valence-corrected chi connectivity index (χ2v) is 6.30. The fraction of sp³-hybridized carbons (Fsp3) is 0.312. The topological polar surface area (TPSA) is 102 Å². The first kappa shape index (κ1) is 17.0. The van der Waals surface area contributed by atoms with Crippen molar-refractivity contribution in [1.82, 2.24) is 10.3 Å². The zero-order valence-corrected chi connectivity index (χ0v) is 14.7. The second kappa shape index (κ2) is 7.39. The van der Waals surface area contributed by atoms with Crippen LogP contribution in [0.5, 0.6) is 11.5 Å². The predicted octanol–water partition coefficient (Wildman–Crippen LogP) is 2.48. The molecule has 0 saturated heterocycles. The fourth-order valence-electron chi connectivity index (χ4n) is 2.46. The minimum Gasteiger partial charge on any atom is -0.493 e. The normalized spacial score (nSPS) is 13.3. The van der Waals surface area contributed by atoms with Crippen molar-refractivity contribution >= 4 is 34.1 Å². The Kier molecular flexibility index (Phi) is 5.03. The third-order valence-electron chi connectivity index (χ3n) is 3.64. The molecule has 0 bridgehead atoms. The van der Waals surface area contributed by atoms with Gasteiger partial charge in [0.05, 0.1) is 19.9 Å². The Bertz CT molecular complexity index is 805. The first-order valence-electron chi connectivity index (χ1n) is 7.68. The van der Waals surface area contributed by atoms with Crippen molar-refractivity contribution in [3.05, 3.63) is 28.8 Å². The van der Waals surface area contributed by atoms with Crippen LogP contribution in [0.2, 0.25) is 0 Å². The van der Waals surface area contributed by atoms with Crippen LogP contribution >= 0.6 is 11.3 Å². The van der Waals surface area contributed by atoms with Crippen LogP contribution in [0.1, 0.15) is 21.8 Å². The van der Waals surface area contributed by atoms with E-state index in [4.69, 9.17) is 9.47 Å². The molecule has 0 atom stereocenters. The lowest BCUT2D eigenvalue weighted by Crippen LogP contribution is -2.21. The number of anilines is 2. The third-order valence-corrected chi connectivity index (χ3v) is 4.65. The molecule has 3 rings (SSSR count). The maximum Gasteiger partial charge on any atom is 0.325 e. The molecule has 9 heteroatoms. The lowest BCUT2D eigenvalue weighted by atomic mass is 10.2. The van der Waals surface area contributed by atoms with Gasteiger partial charge in [0, 0.05) is 18.3 Å². The minimum atomic E-state index is -0.448. The Labute approximate surface area is 148 Å². The van der Waals surface area contributed by atoms with Crippen LogP contribution in [0, 0.1) is 0 Å². The summed E-state index contributed by atoms with van der Waals surface area (Å²) in [5.41, 5.74) is 1.27. The second-order valence-electron chi connectivity index (χ2n) is 5.30. The summed E-state index contributed by atoms with van der Waals surface area (Å²) in [6.45, 7) is 0.643. The van der Waals surface area contributed by atoms with Crippen molar-refractivity contribution in [2.24, 2.45) is 0 Å². The van der Waals surface area contributed by atoms with E-state index >= 15 is 0 Å². The number of nitrogens with one attached hydrogen (secondary N) is 3. The van der Waals surface area contributed by atoms with E-state index in [9.17, 15) is 9.59 Å². The number of benzene rings is 1. The molecule has 8 nitrogen and oxygen atoms in total. The van der Waals surface area contributed by atoms with E-state index in [0.29, 0.717) is 40.2 Å². The number of amides is 3. The Balaban J connectivity index is 1.69. The SMILES string of the molecule is COc1ccc(NC(=O)Nc2nc3c(s2)C(=O)NCCC3)cc1OC. The Morgan fingerprint density at radius 3 is 2.80 bits per heavy atom. The number of ether oxygens (including phenoxy) is 2. The van der Waals surface area contributed by atoms with Gasteiger partial charge in [-0.05, 0) is 25.0 Å².